The molecule has 0 saturated carbocycles. The zero-order chi connectivity index (χ0) is 16.7. The maximum Gasteiger partial charge on any atom is 0.254 e. The molecule has 124 valence electrons. The number of carbonyl (C=O) groups excluding carboxylic acids is 2. The van der Waals surface area contributed by atoms with E-state index in [-0.39, 0.29) is 17.7 Å². The van der Waals surface area contributed by atoms with E-state index in [0.717, 1.165) is 24.1 Å². The molecule has 0 unspecified atom stereocenters. The minimum absolute atomic E-state index is 0.0383. The van der Waals surface area contributed by atoms with Gasteiger partial charge in [0, 0.05) is 38.0 Å². The van der Waals surface area contributed by atoms with Crippen LogP contribution >= 0.6 is 11.3 Å². The zero-order valence-corrected chi connectivity index (χ0v) is 14.5. The van der Waals surface area contributed by atoms with Crippen molar-refractivity contribution in [1.29, 1.82) is 0 Å². The zero-order valence-electron chi connectivity index (χ0n) is 13.6. The molecule has 1 aromatic carbocycles. The first-order chi connectivity index (χ1) is 11.6. The van der Waals surface area contributed by atoms with Crippen LogP contribution in [0.4, 0.5) is 0 Å². The summed E-state index contributed by atoms with van der Waals surface area (Å²) in [6.07, 6.45) is 0.815. The Kier molecular flexibility index (Phi) is 3.68. The van der Waals surface area contributed by atoms with Crippen molar-refractivity contribution in [2.75, 3.05) is 26.7 Å². The van der Waals surface area contributed by atoms with Crippen molar-refractivity contribution < 1.29 is 9.59 Å². The molecule has 1 aromatic heterocycles. The summed E-state index contributed by atoms with van der Waals surface area (Å²) in [5.74, 6) is 0.284. The first-order valence-electron chi connectivity index (χ1n) is 8.24. The predicted octanol–water partition coefficient (Wildman–Crippen LogP) is 2.84. The van der Waals surface area contributed by atoms with E-state index < -0.39 is 5.41 Å². The van der Waals surface area contributed by atoms with Crippen molar-refractivity contribution in [3.63, 3.8) is 0 Å². The molecule has 24 heavy (non-hydrogen) atoms. The molecule has 0 radical (unpaired) electrons. The third-order valence-corrected chi connectivity index (χ3v) is 6.15. The van der Waals surface area contributed by atoms with E-state index >= 15 is 0 Å². The topological polar surface area (TPSA) is 40.6 Å². The maximum absolute atomic E-state index is 13.0. The summed E-state index contributed by atoms with van der Waals surface area (Å²) in [6, 6.07) is 12.0. The highest BCUT2D eigenvalue weighted by Crippen LogP contribution is 2.49. The van der Waals surface area contributed by atoms with E-state index in [4.69, 9.17) is 0 Å². The average molecular weight is 340 g/mol. The first-order valence-corrected chi connectivity index (χ1v) is 9.18. The predicted molar refractivity (Wildman–Crippen MR) is 94.1 cm³/mol. The monoisotopic (exact) mass is 340 g/mol. The van der Waals surface area contributed by atoms with Gasteiger partial charge < -0.3 is 9.80 Å². The van der Waals surface area contributed by atoms with Crippen molar-refractivity contribution in [3.05, 3.63) is 58.3 Å². The molecule has 2 aliphatic rings. The number of carbonyl (C=O) groups is 2. The molecule has 4 nitrogen and oxygen atoms in total. The number of hydrogen-bond acceptors (Lipinski definition) is 3. The van der Waals surface area contributed by atoms with E-state index in [1.807, 2.05) is 51.9 Å². The summed E-state index contributed by atoms with van der Waals surface area (Å²) in [7, 11) is 1.86. The molecule has 4 rings (SSSR count). The van der Waals surface area contributed by atoms with Crippen molar-refractivity contribution in [1.82, 2.24) is 9.80 Å². The molecule has 2 aromatic rings. The highest BCUT2D eigenvalue weighted by Gasteiger charge is 2.57. The van der Waals surface area contributed by atoms with Gasteiger partial charge in [0.05, 0.1) is 11.0 Å². The SMILES string of the molecule is CN1CC[C@]2(CN(C(=O)c3ccsc3)C[C@H]2c2ccccc2)C1=O. The number of rotatable bonds is 2. The van der Waals surface area contributed by atoms with E-state index in [0.29, 0.717) is 13.1 Å². The minimum Gasteiger partial charge on any atom is -0.345 e. The van der Waals surface area contributed by atoms with Gasteiger partial charge in [-0.25, -0.2) is 0 Å². The Morgan fingerprint density at radius 1 is 1.25 bits per heavy atom. The van der Waals surface area contributed by atoms with Crippen molar-refractivity contribution in [3.8, 4) is 0 Å². The third kappa shape index (κ3) is 2.26. The molecule has 2 amide bonds. The van der Waals surface area contributed by atoms with Crippen LogP contribution < -0.4 is 0 Å². The summed E-state index contributed by atoms with van der Waals surface area (Å²) < 4.78 is 0. The summed E-state index contributed by atoms with van der Waals surface area (Å²) in [6.45, 7) is 1.89. The van der Waals surface area contributed by atoms with Crippen LogP contribution in [-0.2, 0) is 4.79 Å². The van der Waals surface area contributed by atoms with Gasteiger partial charge in [-0.15, -0.1) is 0 Å². The molecule has 2 aliphatic heterocycles. The highest BCUT2D eigenvalue weighted by atomic mass is 32.1. The lowest BCUT2D eigenvalue weighted by Crippen LogP contribution is -2.39. The quantitative estimate of drug-likeness (QED) is 0.843. The van der Waals surface area contributed by atoms with Crippen LogP contribution in [0.3, 0.4) is 0 Å². The standard InChI is InChI=1S/C19H20N2O2S/c1-20-9-8-19(18(20)23)13-21(17(22)15-7-10-24-12-15)11-16(19)14-5-3-2-4-6-14/h2-7,10,12,16H,8-9,11,13H2,1H3/t16-,19+/m0/s1. The summed E-state index contributed by atoms with van der Waals surface area (Å²) in [5.41, 5.74) is 1.41. The van der Waals surface area contributed by atoms with Crippen LogP contribution in [0, 0.1) is 5.41 Å². The van der Waals surface area contributed by atoms with Crippen LogP contribution in [0.2, 0.25) is 0 Å². The van der Waals surface area contributed by atoms with Crippen LogP contribution in [0.25, 0.3) is 0 Å². The smallest absolute Gasteiger partial charge is 0.254 e. The molecule has 1 spiro atoms. The van der Waals surface area contributed by atoms with Gasteiger partial charge in [0.15, 0.2) is 0 Å². The lowest BCUT2D eigenvalue weighted by Gasteiger charge is -2.28. The van der Waals surface area contributed by atoms with Gasteiger partial charge in [-0.1, -0.05) is 30.3 Å². The number of hydrogen-bond donors (Lipinski definition) is 0. The van der Waals surface area contributed by atoms with E-state index in [9.17, 15) is 9.59 Å². The molecular formula is C19H20N2O2S. The second kappa shape index (κ2) is 5.74. The van der Waals surface area contributed by atoms with Gasteiger partial charge >= 0.3 is 0 Å². The fourth-order valence-corrected chi connectivity index (χ4v) is 4.80. The molecule has 3 heterocycles. The van der Waals surface area contributed by atoms with E-state index in [2.05, 4.69) is 12.1 Å². The lowest BCUT2D eigenvalue weighted by molar-refractivity contribution is -0.134. The fourth-order valence-electron chi connectivity index (χ4n) is 4.17. The largest absolute Gasteiger partial charge is 0.345 e. The Balaban J connectivity index is 1.71. The number of benzene rings is 1. The molecule has 5 heteroatoms. The molecule has 0 bridgehead atoms. The first kappa shape index (κ1) is 15.4. The molecule has 0 N–H and O–H groups in total. The van der Waals surface area contributed by atoms with E-state index in [1.54, 1.807) is 0 Å². The van der Waals surface area contributed by atoms with Crippen LogP contribution in [0.1, 0.15) is 28.3 Å². The Morgan fingerprint density at radius 2 is 2.04 bits per heavy atom. The Hall–Kier alpha value is -2.14. The normalized spacial score (nSPS) is 26.5. The average Bonchev–Trinajstić information content (AvgIpc) is 3.33. The van der Waals surface area contributed by atoms with Gasteiger partial charge in [0.25, 0.3) is 5.91 Å². The second-order valence-electron chi connectivity index (χ2n) is 6.79. The fraction of sp³-hybridized carbons (Fsp3) is 0.368. The van der Waals surface area contributed by atoms with Gasteiger partial charge in [0.2, 0.25) is 5.91 Å². The Bertz CT molecular complexity index is 759. The van der Waals surface area contributed by atoms with Gasteiger partial charge in [-0.3, -0.25) is 9.59 Å². The van der Waals surface area contributed by atoms with Crippen molar-refractivity contribution >= 4 is 23.2 Å². The Morgan fingerprint density at radius 3 is 2.67 bits per heavy atom. The molecule has 2 fully saturated rings. The summed E-state index contributed by atoms with van der Waals surface area (Å²) in [4.78, 5) is 29.5. The summed E-state index contributed by atoms with van der Waals surface area (Å²) in [5, 5.41) is 3.80. The van der Waals surface area contributed by atoms with Crippen molar-refractivity contribution in [2.45, 2.75) is 12.3 Å². The third-order valence-electron chi connectivity index (χ3n) is 5.47. The van der Waals surface area contributed by atoms with Crippen molar-refractivity contribution in [2.24, 2.45) is 5.41 Å². The molecule has 2 saturated heterocycles. The van der Waals surface area contributed by atoms with Crippen LogP contribution in [0.5, 0.6) is 0 Å². The number of likely N-dealkylation sites (tertiary alicyclic amines) is 2. The maximum atomic E-state index is 13.0. The molecule has 0 aliphatic carbocycles. The van der Waals surface area contributed by atoms with Gasteiger partial charge in [-0.2, -0.15) is 11.3 Å². The highest BCUT2D eigenvalue weighted by molar-refractivity contribution is 7.08. The minimum atomic E-state index is -0.470. The number of nitrogens with zero attached hydrogens (tertiary/aromatic N) is 2. The van der Waals surface area contributed by atoms with Gasteiger partial charge in [-0.05, 0) is 23.4 Å². The Labute approximate surface area is 145 Å². The summed E-state index contributed by atoms with van der Waals surface area (Å²) >= 11 is 1.53. The number of amides is 2. The van der Waals surface area contributed by atoms with Crippen LogP contribution in [0.15, 0.2) is 47.2 Å². The molecular weight excluding hydrogens is 320 g/mol. The number of thiophene rings is 1. The van der Waals surface area contributed by atoms with Crippen LogP contribution in [-0.4, -0.2) is 48.3 Å². The van der Waals surface area contributed by atoms with Gasteiger partial charge in [0.1, 0.15) is 0 Å². The lowest BCUT2D eigenvalue weighted by atomic mass is 9.73. The second-order valence-corrected chi connectivity index (χ2v) is 7.57. The van der Waals surface area contributed by atoms with E-state index in [1.165, 1.54) is 11.3 Å². The molecule has 2 atom stereocenters.